The van der Waals surface area contributed by atoms with E-state index in [1.54, 1.807) is 18.3 Å². The van der Waals surface area contributed by atoms with Crippen molar-refractivity contribution < 1.29 is 4.39 Å². The van der Waals surface area contributed by atoms with E-state index in [2.05, 4.69) is 21.8 Å². The minimum atomic E-state index is -0.193. The van der Waals surface area contributed by atoms with E-state index in [4.69, 9.17) is 9.97 Å². The van der Waals surface area contributed by atoms with E-state index >= 15 is 0 Å². The van der Waals surface area contributed by atoms with E-state index in [1.165, 1.54) is 6.07 Å². The summed E-state index contributed by atoms with van der Waals surface area (Å²) in [6.45, 7) is 5.63. The number of hydrogen-bond acceptors (Lipinski definition) is 5. The first kappa shape index (κ1) is 19.9. The summed E-state index contributed by atoms with van der Waals surface area (Å²) < 4.78 is 13.5. The van der Waals surface area contributed by atoms with E-state index in [-0.39, 0.29) is 5.82 Å². The number of benzene rings is 1. The Morgan fingerprint density at radius 3 is 2.66 bits per heavy atom. The average molecular weight is 394 g/mol. The Hall–Kier alpha value is -2.44. The molecule has 3 aromatic rings. The number of aromatic nitrogens is 3. The van der Waals surface area contributed by atoms with Gasteiger partial charge in [-0.15, -0.1) is 0 Å². The second-order valence-electron chi connectivity index (χ2n) is 7.84. The lowest BCUT2D eigenvalue weighted by Crippen LogP contribution is -2.44. The highest BCUT2D eigenvalue weighted by Crippen LogP contribution is 2.17. The zero-order valence-electron chi connectivity index (χ0n) is 17.0. The SMILES string of the molecule is CN1CCN(CCCc2nc(CCc3cccc(F)c3)c3cccnc3n2)CC1. The van der Waals surface area contributed by atoms with Crippen LogP contribution in [0.5, 0.6) is 0 Å². The van der Waals surface area contributed by atoms with Crippen molar-refractivity contribution in [3.8, 4) is 0 Å². The summed E-state index contributed by atoms with van der Waals surface area (Å²) in [5, 5.41) is 0.992. The molecule has 0 spiro atoms. The van der Waals surface area contributed by atoms with Gasteiger partial charge in [0.2, 0.25) is 0 Å². The van der Waals surface area contributed by atoms with Gasteiger partial charge in [0.25, 0.3) is 0 Å². The molecule has 0 bridgehead atoms. The van der Waals surface area contributed by atoms with Crippen molar-refractivity contribution in [2.24, 2.45) is 0 Å². The third-order valence-electron chi connectivity index (χ3n) is 5.61. The lowest BCUT2D eigenvalue weighted by atomic mass is 10.1. The van der Waals surface area contributed by atoms with Crippen LogP contribution in [0.1, 0.15) is 23.5 Å². The van der Waals surface area contributed by atoms with Crippen LogP contribution in [0.4, 0.5) is 4.39 Å². The van der Waals surface area contributed by atoms with Crippen LogP contribution in [0.3, 0.4) is 0 Å². The summed E-state index contributed by atoms with van der Waals surface area (Å²) in [5.41, 5.74) is 2.74. The van der Waals surface area contributed by atoms with Crippen LogP contribution in [-0.4, -0.2) is 64.5 Å². The second kappa shape index (κ2) is 9.37. The highest BCUT2D eigenvalue weighted by Gasteiger charge is 2.14. The molecule has 0 aliphatic carbocycles. The smallest absolute Gasteiger partial charge is 0.163 e. The van der Waals surface area contributed by atoms with Gasteiger partial charge >= 0.3 is 0 Å². The van der Waals surface area contributed by atoms with Gasteiger partial charge in [-0.1, -0.05) is 12.1 Å². The van der Waals surface area contributed by atoms with Crippen molar-refractivity contribution in [3.63, 3.8) is 0 Å². The molecule has 2 aromatic heterocycles. The summed E-state index contributed by atoms with van der Waals surface area (Å²) >= 11 is 0. The number of fused-ring (bicyclic) bond motifs is 1. The predicted molar refractivity (Wildman–Crippen MR) is 113 cm³/mol. The molecule has 0 unspecified atom stereocenters. The summed E-state index contributed by atoms with van der Waals surface area (Å²) in [6.07, 6.45) is 5.18. The highest BCUT2D eigenvalue weighted by molar-refractivity contribution is 5.77. The summed E-state index contributed by atoms with van der Waals surface area (Å²) in [4.78, 5) is 18.9. The fourth-order valence-corrected chi connectivity index (χ4v) is 3.86. The zero-order chi connectivity index (χ0) is 20.1. The fraction of sp³-hybridized carbons (Fsp3) is 0.435. The molecular weight excluding hydrogens is 365 g/mol. The van der Waals surface area contributed by atoms with Crippen LogP contribution in [0.2, 0.25) is 0 Å². The van der Waals surface area contributed by atoms with E-state index in [9.17, 15) is 4.39 Å². The topological polar surface area (TPSA) is 45.2 Å². The minimum Gasteiger partial charge on any atom is -0.304 e. The molecule has 0 amide bonds. The van der Waals surface area contributed by atoms with Crippen molar-refractivity contribution in [1.29, 1.82) is 0 Å². The minimum absolute atomic E-state index is 0.193. The fourth-order valence-electron chi connectivity index (χ4n) is 3.86. The Morgan fingerprint density at radius 1 is 0.966 bits per heavy atom. The molecule has 1 fully saturated rings. The number of rotatable bonds is 7. The monoisotopic (exact) mass is 393 g/mol. The quantitative estimate of drug-likeness (QED) is 0.617. The average Bonchev–Trinajstić information content (AvgIpc) is 2.73. The number of likely N-dealkylation sites (N-methyl/N-ethyl adjacent to an activating group) is 1. The molecule has 1 aliphatic heterocycles. The third-order valence-corrected chi connectivity index (χ3v) is 5.61. The molecule has 0 saturated carbocycles. The van der Waals surface area contributed by atoms with Crippen LogP contribution in [-0.2, 0) is 19.3 Å². The second-order valence-corrected chi connectivity index (χ2v) is 7.84. The molecule has 5 nitrogen and oxygen atoms in total. The normalized spacial score (nSPS) is 15.8. The van der Waals surface area contributed by atoms with Gasteiger partial charge in [0.15, 0.2) is 5.65 Å². The number of pyridine rings is 1. The van der Waals surface area contributed by atoms with Gasteiger partial charge in [0.05, 0.1) is 5.69 Å². The van der Waals surface area contributed by atoms with Gasteiger partial charge in [0.1, 0.15) is 11.6 Å². The van der Waals surface area contributed by atoms with Gasteiger partial charge < -0.3 is 9.80 Å². The largest absolute Gasteiger partial charge is 0.304 e. The van der Waals surface area contributed by atoms with Gasteiger partial charge in [-0.3, -0.25) is 0 Å². The molecular formula is C23H28FN5. The molecule has 3 heterocycles. The molecule has 4 rings (SSSR count). The number of piperazine rings is 1. The number of hydrogen-bond donors (Lipinski definition) is 0. The van der Waals surface area contributed by atoms with E-state index in [0.29, 0.717) is 0 Å². The van der Waals surface area contributed by atoms with Crippen molar-refractivity contribution in [2.75, 3.05) is 39.8 Å². The van der Waals surface area contributed by atoms with Gasteiger partial charge in [-0.25, -0.2) is 19.3 Å². The number of halogens is 1. The van der Waals surface area contributed by atoms with Crippen molar-refractivity contribution in [1.82, 2.24) is 24.8 Å². The molecule has 1 saturated heterocycles. The maximum atomic E-state index is 13.5. The third kappa shape index (κ3) is 5.34. The van der Waals surface area contributed by atoms with Crippen molar-refractivity contribution in [2.45, 2.75) is 25.7 Å². The first-order valence-electron chi connectivity index (χ1n) is 10.4. The van der Waals surface area contributed by atoms with Crippen molar-refractivity contribution in [3.05, 3.63) is 65.5 Å². The molecule has 0 atom stereocenters. The Morgan fingerprint density at radius 2 is 1.83 bits per heavy atom. The van der Waals surface area contributed by atoms with Crippen LogP contribution >= 0.6 is 0 Å². The molecule has 29 heavy (non-hydrogen) atoms. The summed E-state index contributed by atoms with van der Waals surface area (Å²) in [7, 11) is 2.18. The zero-order valence-corrected chi connectivity index (χ0v) is 17.0. The van der Waals surface area contributed by atoms with Crippen LogP contribution < -0.4 is 0 Å². The molecule has 152 valence electrons. The van der Waals surface area contributed by atoms with Crippen molar-refractivity contribution >= 4 is 11.0 Å². The summed E-state index contributed by atoms with van der Waals surface area (Å²) in [5.74, 6) is 0.667. The lowest BCUT2D eigenvalue weighted by molar-refractivity contribution is 0.153. The van der Waals surface area contributed by atoms with Gasteiger partial charge in [-0.05, 0) is 62.7 Å². The Bertz CT molecular complexity index is 953. The Kier molecular flexibility index (Phi) is 6.42. The van der Waals surface area contributed by atoms with Crippen LogP contribution in [0.15, 0.2) is 42.6 Å². The van der Waals surface area contributed by atoms with E-state index in [0.717, 1.165) is 86.5 Å². The highest BCUT2D eigenvalue weighted by atomic mass is 19.1. The predicted octanol–water partition coefficient (Wildman–Crippen LogP) is 3.13. The van der Waals surface area contributed by atoms with E-state index in [1.807, 2.05) is 18.2 Å². The number of aryl methyl sites for hydroxylation is 3. The first-order chi connectivity index (χ1) is 14.2. The summed E-state index contributed by atoms with van der Waals surface area (Å²) in [6, 6.07) is 10.7. The molecule has 0 radical (unpaired) electrons. The maximum absolute atomic E-state index is 13.5. The molecule has 6 heteroatoms. The Balaban J connectivity index is 1.44. The molecule has 1 aliphatic rings. The number of nitrogens with zero attached hydrogens (tertiary/aromatic N) is 5. The molecule has 0 N–H and O–H groups in total. The molecule has 1 aromatic carbocycles. The first-order valence-corrected chi connectivity index (χ1v) is 10.4. The van der Waals surface area contributed by atoms with Gasteiger partial charge in [-0.2, -0.15) is 0 Å². The maximum Gasteiger partial charge on any atom is 0.163 e. The van der Waals surface area contributed by atoms with Crippen LogP contribution in [0, 0.1) is 5.82 Å². The lowest BCUT2D eigenvalue weighted by Gasteiger charge is -2.32. The van der Waals surface area contributed by atoms with E-state index < -0.39 is 0 Å². The Labute approximate surface area is 171 Å². The standard InChI is InChI=1S/C23H28FN5/c1-28-13-15-29(16-14-28)12-4-8-22-26-21(20-7-3-11-25-23(20)27-22)10-9-18-5-2-6-19(24)17-18/h2-3,5-7,11,17H,4,8-10,12-16H2,1H3. The van der Waals surface area contributed by atoms with Gasteiger partial charge in [0, 0.05) is 44.2 Å². The van der Waals surface area contributed by atoms with Crippen LogP contribution in [0.25, 0.3) is 11.0 Å².